The number of hydrogen-bond donors (Lipinski definition) is 2. The fraction of sp³-hybridized carbons (Fsp3) is 0.500. The van der Waals surface area contributed by atoms with Crippen LogP contribution >= 0.6 is 0 Å². The van der Waals surface area contributed by atoms with Crippen molar-refractivity contribution in [3.8, 4) is 0 Å². The Kier molecular flexibility index (Phi) is 4.03. The van der Waals surface area contributed by atoms with Crippen LogP contribution in [0.3, 0.4) is 0 Å². The van der Waals surface area contributed by atoms with Gasteiger partial charge in [-0.15, -0.1) is 0 Å². The molecule has 2 aromatic heterocycles. The summed E-state index contributed by atoms with van der Waals surface area (Å²) in [6.07, 6.45) is 8.99. The lowest BCUT2D eigenvalue weighted by Gasteiger charge is -2.12. The maximum absolute atomic E-state index is 9.14. The van der Waals surface area contributed by atoms with E-state index >= 15 is 0 Å². The van der Waals surface area contributed by atoms with Crippen LogP contribution in [0.4, 0.5) is 0 Å². The van der Waals surface area contributed by atoms with E-state index in [9.17, 15) is 0 Å². The molecule has 0 fully saturated rings. The second-order valence-electron chi connectivity index (χ2n) is 5.99. The summed E-state index contributed by atoms with van der Waals surface area (Å²) in [5.74, 6) is 0.298. The van der Waals surface area contributed by atoms with Gasteiger partial charge in [-0.05, 0) is 31.9 Å². The summed E-state index contributed by atoms with van der Waals surface area (Å²) in [7, 11) is 0. The van der Waals surface area contributed by atoms with Gasteiger partial charge in [-0.2, -0.15) is 5.10 Å². The molecule has 0 radical (unpaired) electrons. The molecule has 0 amide bonds. The lowest BCUT2D eigenvalue weighted by molar-refractivity contribution is 0.246. The van der Waals surface area contributed by atoms with Gasteiger partial charge in [-0.3, -0.25) is 0 Å². The monoisotopic (exact) mass is 286 g/mol. The molecule has 5 heteroatoms. The number of pyridine rings is 1. The first-order valence-electron chi connectivity index (χ1n) is 7.52. The maximum Gasteiger partial charge on any atom is 0.157 e. The Balaban J connectivity index is 1.67. The third-order valence-corrected chi connectivity index (χ3v) is 3.95. The smallest absolute Gasteiger partial charge is 0.157 e. The van der Waals surface area contributed by atoms with Crippen molar-refractivity contribution >= 4 is 11.0 Å². The molecule has 2 aromatic rings. The first-order valence-corrected chi connectivity index (χ1v) is 7.52. The summed E-state index contributed by atoms with van der Waals surface area (Å²) < 4.78 is 1.94. The molecule has 0 bridgehead atoms. The van der Waals surface area contributed by atoms with Crippen LogP contribution in [-0.4, -0.2) is 32.5 Å². The van der Waals surface area contributed by atoms with Crippen LogP contribution in [0.15, 0.2) is 30.6 Å². The molecule has 112 valence electrons. The van der Waals surface area contributed by atoms with Crippen LogP contribution in [0.25, 0.3) is 11.0 Å². The highest BCUT2D eigenvalue weighted by Gasteiger charge is 2.17. The first kappa shape index (κ1) is 14.2. The molecule has 0 aromatic carbocycles. The molecule has 5 nitrogen and oxygen atoms in total. The quantitative estimate of drug-likeness (QED) is 0.826. The van der Waals surface area contributed by atoms with Gasteiger partial charge >= 0.3 is 0 Å². The number of aromatic nitrogens is 3. The van der Waals surface area contributed by atoms with Crippen molar-refractivity contribution in [1.29, 1.82) is 0 Å². The van der Waals surface area contributed by atoms with E-state index < -0.39 is 0 Å². The van der Waals surface area contributed by atoms with Gasteiger partial charge in [0.25, 0.3) is 0 Å². The van der Waals surface area contributed by atoms with Crippen LogP contribution in [0.1, 0.15) is 31.9 Å². The van der Waals surface area contributed by atoms with Gasteiger partial charge in [-0.1, -0.05) is 12.2 Å². The summed E-state index contributed by atoms with van der Waals surface area (Å²) in [5, 5.41) is 18.1. The van der Waals surface area contributed by atoms with E-state index in [4.69, 9.17) is 5.11 Å². The summed E-state index contributed by atoms with van der Waals surface area (Å²) in [4.78, 5) is 4.54. The van der Waals surface area contributed by atoms with E-state index in [0.717, 1.165) is 29.6 Å². The van der Waals surface area contributed by atoms with Crippen LogP contribution in [-0.2, 0) is 6.54 Å². The zero-order valence-electron chi connectivity index (χ0n) is 12.5. The second kappa shape index (κ2) is 5.95. The molecular weight excluding hydrogens is 264 g/mol. The number of aliphatic hydroxyl groups is 1. The molecular formula is C16H22N4O. The number of aliphatic hydroxyl groups excluding tert-OH is 1. The number of nitrogens with one attached hydrogen (secondary N) is 1. The molecule has 3 rings (SSSR count). The molecule has 1 aliphatic carbocycles. The van der Waals surface area contributed by atoms with Gasteiger partial charge in [0.1, 0.15) is 0 Å². The van der Waals surface area contributed by atoms with E-state index in [-0.39, 0.29) is 6.61 Å². The SMILES string of the molecule is CC(C)n1ncc2cc(CN[C@@H]3C=C[C@H](CO)C3)cnc21. The molecule has 0 spiro atoms. The molecule has 2 N–H and O–H groups in total. The van der Waals surface area contributed by atoms with Crippen molar-refractivity contribution in [2.45, 2.75) is 38.9 Å². The highest BCUT2D eigenvalue weighted by molar-refractivity contribution is 5.75. The van der Waals surface area contributed by atoms with Crippen molar-refractivity contribution in [3.63, 3.8) is 0 Å². The summed E-state index contributed by atoms with van der Waals surface area (Å²) in [6, 6.07) is 2.80. The van der Waals surface area contributed by atoms with Gasteiger partial charge in [0.05, 0.1) is 6.20 Å². The number of fused-ring (bicyclic) bond motifs is 1. The number of rotatable bonds is 5. The lowest BCUT2D eigenvalue weighted by Crippen LogP contribution is -2.26. The minimum Gasteiger partial charge on any atom is -0.396 e. The third-order valence-electron chi connectivity index (χ3n) is 3.95. The minimum absolute atomic E-state index is 0.233. The van der Waals surface area contributed by atoms with Gasteiger partial charge in [0, 0.05) is 42.7 Å². The Bertz CT molecular complexity index is 647. The summed E-state index contributed by atoms with van der Waals surface area (Å²) in [6.45, 7) is 5.22. The molecule has 0 unspecified atom stereocenters. The predicted molar refractivity (Wildman–Crippen MR) is 82.9 cm³/mol. The Hall–Kier alpha value is -1.72. The zero-order valence-corrected chi connectivity index (χ0v) is 12.5. The van der Waals surface area contributed by atoms with Crippen molar-refractivity contribution in [2.75, 3.05) is 6.61 Å². The molecule has 2 atom stereocenters. The molecule has 21 heavy (non-hydrogen) atoms. The molecule has 0 saturated heterocycles. The molecule has 0 aliphatic heterocycles. The Morgan fingerprint density at radius 2 is 2.24 bits per heavy atom. The van der Waals surface area contributed by atoms with Crippen molar-refractivity contribution in [3.05, 3.63) is 36.2 Å². The van der Waals surface area contributed by atoms with Gasteiger partial charge in [0.15, 0.2) is 5.65 Å². The Labute approximate surface area is 124 Å². The fourth-order valence-corrected chi connectivity index (χ4v) is 2.77. The Morgan fingerprint density at radius 3 is 2.95 bits per heavy atom. The summed E-state index contributed by atoms with van der Waals surface area (Å²) in [5.41, 5.74) is 2.10. The molecule has 0 saturated carbocycles. The van der Waals surface area contributed by atoms with Gasteiger partial charge in [-0.25, -0.2) is 9.67 Å². The van der Waals surface area contributed by atoms with E-state index in [1.54, 1.807) is 0 Å². The van der Waals surface area contributed by atoms with Crippen LogP contribution in [0.2, 0.25) is 0 Å². The standard InChI is InChI=1S/C16H22N4O/c1-11(2)20-16-14(9-19-20)5-13(8-18-16)7-17-15-4-3-12(6-15)10-21/h3-5,8-9,11-12,15,17,21H,6-7,10H2,1-2H3/t12-,15+/m0/s1. The first-order chi connectivity index (χ1) is 10.2. The molecule has 2 heterocycles. The largest absolute Gasteiger partial charge is 0.396 e. The summed E-state index contributed by atoms with van der Waals surface area (Å²) >= 11 is 0. The highest BCUT2D eigenvalue weighted by Crippen LogP contribution is 2.19. The minimum atomic E-state index is 0.233. The Morgan fingerprint density at radius 1 is 1.38 bits per heavy atom. The van der Waals surface area contributed by atoms with Gasteiger partial charge in [0.2, 0.25) is 0 Å². The molecule has 1 aliphatic rings. The van der Waals surface area contributed by atoms with E-state index in [1.165, 1.54) is 0 Å². The average Bonchev–Trinajstić information content (AvgIpc) is 3.11. The topological polar surface area (TPSA) is 63.0 Å². The second-order valence-corrected chi connectivity index (χ2v) is 5.99. The van der Waals surface area contributed by atoms with E-state index in [1.807, 2.05) is 17.1 Å². The average molecular weight is 286 g/mol. The van der Waals surface area contributed by atoms with Crippen LogP contribution < -0.4 is 5.32 Å². The lowest BCUT2D eigenvalue weighted by atomic mass is 10.1. The normalized spacial score (nSPS) is 21.7. The zero-order chi connectivity index (χ0) is 14.8. The van der Waals surface area contributed by atoms with Gasteiger partial charge < -0.3 is 10.4 Å². The number of hydrogen-bond acceptors (Lipinski definition) is 4. The predicted octanol–water partition coefficient (Wildman–Crippen LogP) is 2.04. The van der Waals surface area contributed by atoms with E-state index in [2.05, 4.69) is 47.5 Å². The van der Waals surface area contributed by atoms with Crippen molar-refractivity contribution < 1.29 is 5.11 Å². The van der Waals surface area contributed by atoms with E-state index in [0.29, 0.717) is 18.0 Å². The van der Waals surface area contributed by atoms with Crippen LogP contribution in [0.5, 0.6) is 0 Å². The third kappa shape index (κ3) is 2.99. The maximum atomic E-state index is 9.14. The van der Waals surface area contributed by atoms with Crippen molar-refractivity contribution in [2.24, 2.45) is 5.92 Å². The van der Waals surface area contributed by atoms with Crippen molar-refractivity contribution in [1.82, 2.24) is 20.1 Å². The van der Waals surface area contributed by atoms with Crippen LogP contribution in [0, 0.1) is 5.92 Å². The highest BCUT2D eigenvalue weighted by atomic mass is 16.3. The fourth-order valence-electron chi connectivity index (χ4n) is 2.77. The number of nitrogens with zero attached hydrogens (tertiary/aromatic N) is 3.